The molecule has 0 aliphatic carbocycles. The van der Waals surface area contributed by atoms with Gasteiger partial charge in [-0.15, -0.1) is 0 Å². The average Bonchev–Trinajstić information content (AvgIpc) is 3.57. The summed E-state index contributed by atoms with van der Waals surface area (Å²) in [5.74, 6) is -0.310. The van der Waals surface area contributed by atoms with Gasteiger partial charge in [-0.1, -0.05) is 41.7 Å². The quantitative estimate of drug-likeness (QED) is 0.221. The second-order valence-electron chi connectivity index (χ2n) is 9.37. The van der Waals surface area contributed by atoms with Gasteiger partial charge in [0.1, 0.15) is 30.0 Å². The molecule has 2 aliphatic heterocycles. The molecular weight excluding hydrogens is 551 g/mol. The molecule has 1 aromatic carbocycles. The lowest BCUT2D eigenvalue weighted by molar-refractivity contribution is -0.150. The highest BCUT2D eigenvalue weighted by molar-refractivity contribution is 8.56. The molecule has 14 nitrogen and oxygen atoms in total. The Labute approximate surface area is 227 Å². The summed E-state index contributed by atoms with van der Waals surface area (Å²) >= 11 is 0.956. The molecule has 3 aromatic rings. The normalized spacial score (nSPS) is 31.4. The van der Waals surface area contributed by atoms with Crippen LogP contribution < -0.4 is 15.6 Å². The van der Waals surface area contributed by atoms with Gasteiger partial charge in [-0.2, -0.15) is 9.97 Å². The predicted molar refractivity (Wildman–Crippen MR) is 141 cm³/mol. The van der Waals surface area contributed by atoms with Gasteiger partial charge in [0.15, 0.2) is 17.4 Å². The Kier molecular flexibility index (Phi) is 7.59. The van der Waals surface area contributed by atoms with E-state index in [0.29, 0.717) is 0 Å². The number of fused-ring (bicyclic) bond motifs is 1. The number of rotatable bonds is 8. The van der Waals surface area contributed by atoms with Gasteiger partial charge in [0, 0.05) is 5.75 Å². The van der Waals surface area contributed by atoms with Crippen molar-refractivity contribution >= 4 is 41.2 Å². The Morgan fingerprint density at radius 3 is 2.85 bits per heavy atom. The number of carbonyl (C=O) groups is 1. The van der Waals surface area contributed by atoms with Gasteiger partial charge in [-0.25, -0.2) is 10.1 Å². The third kappa shape index (κ3) is 5.35. The van der Waals surface area contributed by atoms with E-state index in [1.54, 1.807) is 6.92 Å². The molecule has 2 fully saturated rings. The Morgan fingerprint density at radius 1 is 1.38 bits per heavy atom. The third-order valence-corrected chi connectivity index (χ3v) is 10.6. The number of aliphatic hydroxyl groups is 2. The van der Waals surface area contributed by atoms with Crippen LogP contribution in [0.4, 0.5) is 5.95 Å². The number of anilines is 1. The summed E-state index contributed by atoms with van der Waals surface area (Å²) in [7, 11) is 1.41. The van der Waals surface area contributed by atoms with E-state index < -0.39 is 48.9 Å². The molecule has 39 heavy (non-hydrogen) atoms. The molecule has 0 bridgehead atoms. The van der Waals surface area contributed by atoms with Crippen LogP contribution in [0.3, 0.4) is 0 Å². The molecule has 5 N–H and O–H groups in total. The molecule has 2 aromatic heterocycles. The third-order valence-electron chi connectivity index (χ3n) is 6.59. The molecule has 210 valence electrons. The number of hydrogen-bond donors (Lipinski definition) is 4. The van der Waals surface area contributed by atoms with E-state index in [1.165, 1.54) is 24.9 Å². The topological polar surface area (TPSA) is 193 Å². The summed E-state index contributed by atoms with van der Waals surface area (Å²) in [5, 5.41) is 24.7. The fourth-order valence-corrected chi connectivity index (χ4v) is 8.33. The summed E-state index contributed by atoms with van der Waals surface area (Å²) in [6.07, 6.45) is -2.75. The number of ether oxygens (including phenoxy) is 3. The standard InChI is InChI=1S/C23H29N6O8PS/c1-12(13-7-5-4-6-8-13)36-20(31)14-10-39-38(33,28-14)35-9-15-17(30)23(2,32)21(37-15)29-11-25-16-18(29)26-22(24)27-19(16)34-3/h4-8,11-12,14-15,17,21,30,32H,9-10H2,1-3H3,(H,28,33)(H2,24,26,27)/t12-,14+,15-,17-,21-,23-,38+/m1/s1. The SMILES string of the molecule is COc1nc(N)nc2c1ncn2[C@@H]1O[C@H](CO[P@@]2(=O)N[C@H](C(=O)O[C@H](C)c3ccccc3)CS2)[C@@H](O)[C@@]1(C)O. The Bertz CT molecular complexity index is 1410. The van der Waals surface area contributed by atoms with Crippen LogP contribution in [0, 0.1) is 0 Å². The van der Waals surface area contributed by atoms with Gasteiger partial charge in [-0.05, 0) is 19.4 Å². The van der Waals surface area contributed by atoms with Crippen molar-refractivity contribution in [1.82, 2.24) is 24.6 Å². The first kappa shape index (κ1) is 27.8. The maximum Gasteiger partial charge on any atom is 0.327 e. The molecule has 0 spiro atoms. The maximum atomic E-state index is 13.3. The fraction of sp³-hybridized carbons (Fsp3) is 0.478. The largest absolute Gasteiger partial charge is 0.479 e. The molecule has 5 rings (SSSR count). The van der Waals surface area contributed by atoms with Gasteiger partial charge in [0.25, 0.3) is 0 Å². The van der Waals surface area contributed by atoms with Crippen LogP contribution in [-0.2, 0) is 23.4 Å². The average molecular weight is 581 g/mol. The molecule has 4 heterocycles. The summed E-state index contributed by atoms with van der Waals surface area (Å²) < 4.78 is 37.0. The number of nitrogens with one attached hydrogen (secondary N) is 1. The predicted octanol–water partition coefficient (Wildman–Crippen LogP) is 1.56. The Balaban J connectivity index is 1.23. The molecule has 16 heteroatoms. The Hall–Kier alpha value is -2.78. The highest BCUT2D eigenvalue weighted by Crippen LogP contribution is 2.61. The van der Waals surface area contributed by atoms with Crippen molar-refractivity contribution < 1.29 is 38.3 Å². The lowest BCUT2D eigenvalue weighted by Gasteiger charge is -2.27. The summed E-state index contributed by atoms with van der Waals surface area (Å²) in [4.78, 5) is 25.0. The summed E-state index contributed by atoms with van der Waals surface area (Å²) in [5.41, 5.74) is 5.33. The van der Waals surface area contributed by atoms with Crippen molar-refractivity contribution in [2.75, 3.05) is 25.2 Å². The zero-order valence-corrected chi connectivity index (χ0v) is 23.0. The molecule has 0 radical (unpaired) electrons. The van der Waals surface area contributed by atoms with Crippen molar-refractivity contribution in [2.24, 2.45) is 0 Å². The van der Waals surface area contributed by atoms with Gasteiger partial charge < -0.3 is 34.7 Å². The van der Waals surface area contributed by atoms with Crippen LogP contribution in [0.1, 0.15) is 31.7 Å². The number of hydrogen-bond acceptors (Lipinski definition) is 13. The van der Waals surface area contributed by atoms with Crippen molar-refractivity contribution in [3.8, 4) is 5.88 Å². The monoisotopic (exact) mass is 580 g/mol. The molecular formula is C23H29N6O8PS. The number of benzene rings is 1. The van der Waals surface area contributed by atoms with E-state index in [9.17, 15) is 19.6 Å². The number of aliphatic hydroxyl groups excluding tert-OH is 1. The van der Waals surface area contributed by atoms with Crippen LogP contribution in [-0.4, -0.2) is 79.0 Å². The van der Waals surface area contributed by atoms with Crippen LogP contribution >= 0.6 is 18.1 Å². The van der Waals surface area contributed by atoms with Crippen LogP contribution in [0.25, 0.3) is 11.2 Å². The first-order valence-corrected chi connectivity index (χ1v) is 15.3. The number of imidazole rings is 1. The zero-order valence-electron chi connectivity index (χ0n) is 21.3. The minimum Gasteiger partial charge on any atom is -0.479 e. The molecule has 0 saturated carbocycles. The van der Waals surface area contributed by atoms with Crippen molar-refractivity contribution in [3.05, 3.63) is 42.2 Å². The van der Waals surface area contributed by atoms with Crippen LogP contribution in [0.15, 0.2) is 36.7 Å². The highest BCUT2D eigenvalue weighted by atomic mass is 32.7. The molecule has 2 saturated heterocycles. The lowest BCUT2D eigenvalue weighted by atomic mass is 9.96. The number of nitrogens with zero attached hydrogens (tertiary/aromatic N) is 4. The summed E-state index contributed by atoms with van der Waals surface area (Å²) in [6.45, 7) is -0.719. The molecule has 2 aliphatic rings. The zero-order chi connectivity index (χ0) is 27.9. The van der Waals surface area contributed by atoms with Gasteiger partial charge >= 0.3 is 12.7 Å². The van der Waals surface area contributed by atoms with E-state index in [4.69, 9.17) is 24.5 Å². The van der Waals surface area contributed by atoms with E-state index in [0.717, 1.165) is 16.9 Å². The smallest absolute Gasteiger partial charge is 0.327 e. The lowest BCUT2D eigenvalue weighted by Crippen LogP contribution is -2.44. The van der Waals surface area contributed by atoms with E-state index in [-0.39, 0.29) is 35.4 Å². The minimum absolute atomic E-state index is 0.0761. The number of nitrogen functional groups attached to an aromatic ring is 1. The van der Waals surface area contributed by atoms with Crippen LogP contribution in [0.5, 0.6) is 5.88 Å². The van der Waals surface area contributed by atoms with Crippen molar-refractivity contribution in [2.45, 2.75) is 50.0 Å². The second kappa shape index (κ2) is 10.7. The number of aromatic nitrogens is 4. The number of carbonyl (C=O) groups excluding carboxylic acids is 1. The van der Waals surface area contributed by atoms with Gasteiger partial charge in [-0.3, -0.25) is 13.9 Å². The fourth-order valence-electron chi connectivity index (χ4n) is 4.45. The van der Waals surface area contributed by atoms with E-state index in [2.05, 4.69) is 20.0 Å². The summed E-state index contributed by atoms with van der Waals surface area (Å²) in [6, 6.07) is 8.43. The van der Waals surface area contributed by atoms with Crippen molar-refractivity contribution in [3.63, 3.8) is 0 Å². The van der Waals surface area contributed by atoms with Gasteiger partial charge in [0.05, 0.1) is 20.0 Å². The minimum atomic E-state index is -3.53. The van der Waals surface area contributed by atoms with E-state index >= 15 is 0 Å². The highest BCUT2D eigenvalue weighted by Gasteiger charge is 2.54. The van der Waals surface area contributed by atoms with E-state index in [1.807, 2.05) is 30.3 Å². The first-order chi connectivity index (χ1) is 18.5. The number of nitrogens with two attached hydrogens (primary N) is 1. The number of esters is 1. The maximum absolute atomic E-state index is 13.3. The molecule has 0 unspecified atom stereocenters. The first-order valence-electron chi connectivity index (χ1n) is 12.0. The van der Waals surface area contributed by atoms with Crippen molar-refractivity contribution in [1.29, 1.82) is 0 Å². The second-order valence-corrected chi connectivity index (χ2v) is 13.7. The molecule has 0 amide bonds. The molecule has 7 atom stereocenters. The van der Waals surface area contributed by atoms with Crippen LogP contribution in [0.2, 0.25) is 0 Å². The number of methoxy groups -OCH3 is 1. The van der Waals surface area contributed by atoms with Gasteiger partial charge in [0.2, 0.25) is 11.8 Å². The Morgan fingerprint density at radius 2 is 2.13 bits per heavy atom.